The van der Waals surface area contributed by atoms with E-state index in [0.717, 1.165) is 18.8 Å². The molecule has 204 valence electrons. The molecule has 0 bridgehead atoms. The van der Waals surface area contributed by atoms with Crippen molar-refractivity contribution in [1.82, 2.24) is 0 Å². The number of hydrogen-bond acceptors (Lipinski definition) is 9. The molecule has 0 amide bonds. The molecule has 0 spiro atoms. The lowest BCUT2D eigenvalue weighted by Gasteiger charge is -2.25. The largest absolute Gasteiger partial charge is 0.491 e. The van der Waals surface area contributed by atoms with E-state index < -0.39 is 0 Å². The van der Waals surface area contributed by atoms with Crippen LogP contribution in [0.4, 0.5) is 0 Å². The molecule has 2 unspecified atom stereocenters. The molecule has 2 saturated heterocycles. The standard InChI is InChI=1S/C29H34O9/c30-28(37-24-7-1-20(2-8-24)15-33-17-27-19-36-27)21-3-5-22(6-4-21)29(31)38-25-11-9-23(10-12-25)34-14-13-32-16-26-18-35-26/h1-2,7-12,21-22,26-27H,3-6,13-19H2. The van der Waals surface area contributed by atoms with Crippen molar-refractivity contribution in [2.75, 3.05) is 39.6 Å². The zero-order valence-electron chi connectivity index (χ0n) is 21.4. The Morgan fingerprint density at radius 3 is 1.66 bits per heavy atom. The van der Waals surface area contributed by atoms with Gasteiger partial charge in [-0.1, -0.05) is 12.1 Å². The quantitative estimate of drug-likeness (QED) is 0.158. The summed E-state index contributed by atoms with van der Waals surface area (Å²) < 4.78 is 38.0. The van der Waals surface area contributed by atoms with E-state index in [0.29, 0.717) is 76.0 Å². The smallest absolute Gasteiger partial charge is 0.314 e. The first-order valence-corrected chi connectivity index (χ1v) is 13.3. The highest BCUT2D eigenvalue weighted by Gasteiger charge is 2.32. The zero-order chi connectivity index (χ0) is 26.2. The molecule has 38 heavy (non-hydrogen) atoms. The molecule has 1 aliphatic carbocycles. The summed E-state index contributed by atoms with van der Waals surface area (Å²) in [6, 6.07) is 14.3. The van der Waals surface area contributed by atoms with Crippen LogP contribution >= 0.6 is 0 Å². The fourth-order valence-corrected chi connectivity index (χ4v) is 4.29. The second-order valence-corrected chi connectivity index (χ2v) is 9.86. The van der Waals surface area contributed by atoms with E-state index in [1.165, 1.54) is 0 Å². The first-order chi connectivity index (χ1) is 18.6. The highest BCUT2D eigenvalue weighted by Crippen LogP contribution is 2.31. The third-order valence-corrected chi connectivity index (χ3v) is 6.76. The number of carbonyl (C=O) groups is 2. The third kappa shape index (κ3) is 8.52. The van der Waals surface area contributed by atoms with Crippen molar-refractivity contribution in [2.45, 2.75) is 44.5 Å². The number of carbonyl (C=O) groups excluding carboxylic acids is 2. The number of epoxide rings is 2. The van der Waals surface area contributed by atoms with E-state index in [-0.39, 0.29) is 36.0 Å². The molecule has 3 aliphatic rings. The van der Waals surface area contributed by atoms with Gasteiger partial charge in [0.1, 0.15) is 36.1 Å². The molecule has 2 heterocycles. The minimum absolute atomic E-state index is 0.224. The summed E-state index contributed by atoms with van der Waals surface area (Å²) in [5.41, 5.74) is 1.01. The maximum atomic E-state index is 12.7. The van der Waals surface area contributed by atoms with E-state index in [1.54, 1.807) is 36.4 Å². The first-order valence-electron chi connectivity index (χ1n) is 13.3. The van der Waals surface area contributed by atoms with Gasteiger partial charge in [-0.25, -0.2) is 0 Å². The van der Waals surface area contributed by atoms with Gasteiger partial charge in [0, 0.05) is 0 Å². The summed E-state index contributed by atoms with van der Waals surface area (Å²) in [6.07, 6.45) is 2.85. The molecule has 0 aromatic heterocycles. The second-order valence-electron chi connectivity index (χ2n) is 9.86. The molecule has 2 aromatic carbocycles. The SMILES string of the molecule is O=C(Oc1ccc(COCC2CO2)cc1)C1CCC(C(=O)Oc2ccc(OCCOCC3CO3)cc2)CC1. The summed E-state index contributed by atoms with van der Waals surface area (Å²) in [5, 5.41) is 0. The normalized spacial score (nSPS) is 23.9. The Labute approximate surface area is 222 Å². The molecular formula is C29H34O9. The van der Waals surface area contributed by atoms with Gasteiger partial charge in [-0.3, -0.25) is 9.59 Å². The summed E-state index contributed by atoms with van der Waals surface area (Å²) in [5.74, 6) is 0.683. The van der Waals surface area contributed by atoms with Crippen LogP contribution in [-0.4, -0.2) is 63.8 Å². The minimum Gasteiger partial charge on any atom is -0.491 e. The number of hydrogen-bond donors (Lipinski definition) is 0. The summed E-state index contributed by atoms with van der Waals surface area (Å²) >= 11 is 0. The summed E-state index contributed by atoms with van der Waals surface area (Å²) in [6.45, 7) is 4.18. The molecule has 1 saturated carbocycles. The van der Waals surface area contributed by atoms with Crippen LogP contribution in [0, 0.1) is 11.8 Å². The molecule has 2 aromatic rings. The topological polar surface area (TPSA) is 105 Å². The number of esters is 2. The Hall–Kier alpha value is -2.98. The van der Waals surface area contributed by atoms with E-state index in [2.05, 4.69) is 0 Å². The first kappa shape index (κ1) is 26.6. The van der Waals surface area contributed by atoms with Crippen LogP contribution in [0.5, 0.6) is 17.2 Å². The maximum absolute atomic E-state index is 12.7. The monoisotopic (exact) mass is 526 g/mol. The van der Waals surface area contributed by atoms with Crippen LogP contribution in [0.25, 0.3) is 0 Å². The fraction of sp³-hybridized carbons (Fsp3) is 0.517. The molecule has 2 aliphatic heterocycles. The van der Waals surface area contributed by atoms with Crippen molar-refractivity contribution in [2.24, 2.45) is 11.8 Å². The lowest BCUT2D eigenvalue weighted by Crippen LogP contribution is -2.30. The van der Waals surface area contributed by atoms with Crippen LogP contribution in [0.1, 0.15) is 31.2 Å². The van der Waals surface area contributed by atoms with Gasteiger partial charge in [0.2, 0.25) is 0 Å². The van der Waals surface area contributed by atoms with Crippen LogP contribution in [0.2, 0.25) is 0 Å². The number of benzene rings is 2. The Kier molecular flexibility index (Phi) is 9.24. The average Bonchev–Trinajstić information content (AvgIpc) is 3.87. The molecule has 0 radical (unpaired) electrons. The second kappa shape index (κ2) is 13.2. The van der Waals surface area contributed by atoms with E-state index in [4.69, 9.17) is 33.2 Å². The van der Waals surface area contributed by atoms with Gasteiger partial charge in [-0.2, -0.15) is 0 Å². The highest BCUT2D eigenvalue weighted by molar-refractivity contribution is 5.77. The van der Waals surface area contributed by atoms with Gasteiger partial charge in [-0.05, 0) is 67.6 Å². The molecule has 2 atom stereocenters. The Balaban J connectivity index is 0.977. The van der Waals surface area contributed by atoms with Crippen molar-refractivity contribution in [3.05, 3.63) is 54.1 Å². The third-order valence-electron chi connectivity index (χ3n) is 6.76. The number of ether oxygens (including phenoxy) is 7. The van der Waals surface area contributed by atoms with Gasteiger partial charge >= 0.3 is 11.9 Å². The Bertz CT molecular complexity index is 1040. The highest BCUT2D eigenvalue weighted by atomic mass is 16.6. The summed E-state index contributed by atoms with van der Waals surface area (Å²) in [4.78, 5) is 25.3. The lowest BCUT2D eigenvalue weighted by atomic mass is 9.82. The summed E-state index contributed by atoms with van der Waals surface area (Å²) in [7, 11) is 0. The predicted octanol–water partition coefficient (Wildman–Crippen LogP) is 3.71. The average molecular weight is 527 g/mol. The van der Waals surface area contributed by atoms with Gasteiger partial charge < -0.3 is 33.2 Å². The van der Waals surface area contributed by atoms with Crippen LogP contribution in [0.15, 0.2) is 48.5 Å². The van der Waals surface area contributed by atoms with Crippen molar-refractivity contribution >= 4 is 11.9 Å². The molecule has 9 nitrogen and oxygen atoms in total. The van der Waals surface area contributed by atoms with Gasteiger partial charge in [-0.15, -0.1) is 0 Å². The van der Waals surface area contributed by atoms with Crippen molar-refractivity contribution in [1.29, 1.82) is 0 Å². The van der Waals surface area contributed by atoms with E-state index in [9.17, 15) is 9.59 Å². The van der Waals surface area contributed by atoms with Gasteiger partial charge in [0.05, 0.1) is 51.5 Å². The Morgan fingerprint density at radius 1 is 0.658 bits per heavy atom. The molecule has 5 rings (SSSR count). The van der Waals surface area contributed by atoms with Crippen molar-refractivity contribution in [3.8, 4) is 17.2 Å². The fourth-order valence-electron chi connectivity index (χ4n) is 4.29. The van der Waals surface area contributed by atoms with E-state index >= 15 is 0 Å². The van der Waals surface area contributed by atoms with Crippen molar-refractivity contribution < 1.29 is 42.7 Å². The minimum atomic E-state index is -0.271. The molecule has 0 N–H and O–H groups in total. The van der Waals surface area contributed by atoms with E-state index in [1.807, 2.05) is 12.1 Å². The van der Waals surface area contributed by atoms with Gasteiger partial charge in [0.25, 0.3) is 0 Å². The molecule has 9 heteroatoms. The van der Waals surface area contributed by atoms with Crippen LogP contribution in [0.3, 0.4) is 0 Å². The predicted molar refractivity (Wildman–Crippen MR) is 135 cm³/mol. The Morgan fingerprint density at radius 2 is 1.13 bits per heavy atom. The number of rotatable bonds is 14. The lowest BCUT2D eigenvalue weighted by molar-refractivity contribution is -0.145. The maximum Gasteiger partial charge on any atom is 0.314 e. The van der Waals surface area contributed by atoms with Crippen molar-refractivity contribution in [3.63, 3.8) is 0 Å². The molecule has 3 fully saturated rings. The zero-order valence-corrected chi connectivity index (χ0v) is 21.4. The van der Waals surface area contributed by atoms with Crippen LogP contribution in [-0.2, 0) is 35.1 Å². The van der Waals surface area contributed by atoms with Gasteiger partial charge in [0.15, 0.2) is 0 Å². The van der Waals surface area contributed by atoms with Crippen LogP contribution < -0.4 is 14.2 Å². The molecular weight excluding hydrogens is 492 g/mol.